The van der Waals surface area contributed by atoms with Crippen molar-refractivity contribution >= 4 is 29.1 Å². The molecule has 0 bridgehead atoms. The third-order valence-electron chi connectivity index (χ3n) is 3.87. The molecule has 4 rings (SSSR count). The number of nitrogens with zero attached hydrogens (tertiary/aromatic N) is 7. The molecule has 0 radical (unpaired) electrons. The second kappa shape index (κ2) is 7.39. The van der Waals surface area contributed by atoms with E-state index in [9.17, 15) is 4.79 Å². The molecule has 0 aromatic carbocycles. The maximum atomic E-state index is 12.5. The average Bonchev–Trinajstić information content (AvgIpc) is 3.22. The number of carbonyl (C=O) groups is 1. The molecule has 10 heteroatoms. The normalized spacial score (nSPS) is 11.1. The Morgan fingerprint density at radius 1 is 1.07 bits per heavy atom. The predicted molar refractivity (Wildman–Crippen MR) is 106 cm³/mol. The summed E-state index contributed by atoms with van der Waals surface area (Å²) in [6, 6.07) is 9.32. The number of pyridine rings is 1. The van der Waals surface area contributed by atoms with Crippen LogP contribution in [0.4, 0.5) is 5.82 Å². The number of rotatable bonds is 5. The first kappa shape index (κ1) is 18.1. The van der Waals surface area contributed by atoms with E-state index in [0.29, 0.717) is 16.9 Å². The quantitative estimate of drug-likeness (QED) is 0.518. The molecular weight excluding hydrogens is 376 g/mol. The van der Waals surface area contributed by atoms with Crippen molar-refractivity contribution in [1.29, 1.82) is 0 Å². The molecule has 28 heavy (non-hydrogen) atoms. The van der Waals surface area contributed by atoms with Gasteiger partial charge in [0.2, 0.25) is 5.91 Å². The average molecular weight is 394 g/mol. The van der Waals surface area contributed by atoms with Gasteiger partial charge in [-0.25, -0.2) is 9.97 Å². The highest BCUT2D eigenvalue weighted by atomic mass is 32.2. The number of fused-ring (bicyclic) bond motifs is 1. The standard InChI is InChI=1S/C18H18N8OS/c1-11-8-12(2)20-17(19-11)26-15(9-13(3)24-26)21-16(27)10-28-18-23-22-14-6-4-5-7-25(14)18/h4-9H,10H2,1-3H3,(H,21,27). The molecule has 4 aromatic heterocycles. The van der Waals surface area contributed by atoms with Crippen LogP contribution in [0.2, 0.25) is 0 Å². The number of carbonyl (C=O) groups excluding carboxylic acids is 1. The second-order valence-corrected chi connectivity index (χ2v) is 7.22. The van der Waals surface area contributed by atoms with E-state index in [4.69, 9.17) is 0 Å². The summed E-state index contributed by atoms with van der Waals surface area (Å²) >= 11 is 1.31. The van der Waals surface area contributed by atoms with Crippen LogP contribution in [-0.2, 0) is 4.79 Å². The SMILES string of the molecule is Cc1cc(C)nc(-n2nc(C)cc2NC(=O)CSc2nnc3ccccn23)n1. The van der Waals surface area contributed by atoms with Crippen molar-refractivity contribution in [3.63, 3.8) is 0 Å². The van der Waals surface area contributed by atoms with E-state index in [-0.39, 0.29) is 11.7 Å². The lowest BCUT2D eigenvalue weighted by atomic mass is 10.4. The van der Waals surface area contributed by atoms with Crippen molar-refractivity contribution in [2.45, 2.75) is 25.9 Å². The van der Waals surface area contributed by atoms with Gasteiger partial charge in [-0.2, -0.15) is 9.78 Å². The highest BCUT2D eigenvalue weighted by molar-refractivity contribution is 7.99. The number of amides is 1. The first-order valence-electron chi connectivity index (χ1n) is 8.61. The van der Waals surface area contributed by atoms with Crippen LogP contribution in [-0.4, -0.2) is 46.0 Å². The van der Waals surface area contributed by atoms with Gasteiger partial charge < -0.3 is 5.32 Å². The summed E-state index contributed by atoms with van der Waals surface area (Å²) in [5.74, 6) is 0.965. The van der Waals surface area contributed by atoms with Gasteiger partial charge in [-0.3, -0.25) is 9.20 Å². The summed E-state index contributed by atoms with van der Waals surface area (Å²) in [6.07, 6.45) is 1.87. The lowest BCUT2D eigenvalue weighted by Gasteiger charge is -2.08. The minimum atomic E-state index is -0.178. The maximum Gasteiger partial charge on any atom is 0.252 e. The molecule has 1 amide bonds. The molecule has 0 aliphatic rings. The van der Waals surface area contributed by atoms with Crippen LogP contribution >= 0.6 is 11.8 Å². The van der Waals surface area contributed by atoms with Gasteiger partial charge >= 0.3 is 0 Å². The van der Waals surface area contributed by atoms with E-state index in [0.717, 1.165) is 22.7 Å². The molecule has 4 aromatic rings. The Bertz CT molecular complexity index is 1150. The van der Waals surface area contributed by atoms with E-state index in [1.54, 1.807) is 10.7 Å². The first-order chi connectivity index (χ1) is 13.5. The summed E-state index contributed by atoms with van der Waals surface area (Å²) < 4.78 is 3.39. The second-order valence-electron chi connectivity index (χ2n) is 6.28. The molecule has 142 valence electrons. The maximum absolute atomic E-state index is 12.5. The topological polar surface area (TPSA) is 103 Å². The van der Waals surface area contributed by atoms with Crippen molar-refractivity contribution in [2.24, 2.45) is 0 Å². The summed E-state index contributed by atoms with van der Waals surface area (Å²) in [6.45, 7) is 5.64. The summed E-state index contributed by atoms with van der Waals surface area (Å²) in [7, 11) is 0. The third-order valence-corrected chi connectivity index (χ3v) is 4.82. The lowest BCUT2D eigenvalue weighted by Crippen LogP contribution is -2.18. The van der Waals surface area contributed by atoms with E-state index in [1.165, 1.54) is 11.8 Å². The van der Waals surface area contributed by atoms with Gasteiger partial charge in [0.1, 0.15) is 5.82 Å². The Morgan fingerprint density at radius 2 is 1.86 bits per heavy atom. The van der Waals surface area contributed by atoms with E-state index in [1.807, 2.05) is 55.6 Å². The molecule has 0 fully saturated rings. The van der Waals surface area contributed by atoms with Crippen LogP contribution in [0.15, 0.2) is 41.7 Å². The molecule has 0 saturated carbocycles. The fraction of sp³-hybridized carbons (Fsp3) is 0.222. The van der Waals surface area contributed by atoms with Crippen molar-refractivity contribution in [3.8, 4) is 5.95 Å². The smallest absolute Gasteiger partial charge is 0.252 e. The molecule has 0 saturated heterocycles. The molecular formula is C18H18N8OS. The van der Waals surface area contributed by atoms with Gasteiger partial charge in [0.05, 0.1) is 11.4 Å². The molecule has 1 N–H and O–H groups in total. The van der Waals surface area contributed by atoms with Gasteiger partial charge in [-0.05, 0) is 39.0 Å². The molecule has 4 heterocycles. The van der Waals surface area contributed by atoms with Crippen molar-refractivity contribution in [1.82, 2.24) is 34.3 Å². The Morgan fingerprint density at radius 3 is 2.64 bits per heavy atom. The fourth-order valence-corrected chi connectivity index (χ4v) is 3.49. The number of aryl methyl sites for hydroxylation is 3. The van der Waals surface area contributed by atoms with Crippen LogP contribution in [0.3, 0.4) is 0 Å². The number of anilines is 1. The highest BCUT2D eigenvalue weighted by Gasteiger charge is 2.15. The summed E-state index contributed by atoms with van der Waals surface area (Å²) in [5, 5.41) is 16.2. The van der Waals surface area contributed by atoms with Crippen molar-refractivity contribution < 1.29 is 4.79 Å². The lowest BCUT2D eigenvalue weighted by molar-refractivity contribution is -0.113. The van der Waals surface area contributed by atoms with Crippen LogP contribution in [0.5, 0.6) is 0 Å². The van der Waals surface area contributed by atoms with Crippen LogP contribution < -0.4 is 5.32 Å². The van der Waals surface area contributed by atoms with Crippen LogP contribution in [0.25, 0.3) is 11.6 Å². The Balaban J connectivity index is 1.50. The number of aromatic nitrogens is 7. The predicted octanol–water partition coefficient (Wildman–Crippen LogP) is 2.36. The van der Waals surface area contributed by atoms with Crippen molar-refractivity contribution in [2.75, 3.05) is 11.1 Å². The summed E-state index contributed by atoms with van der Waals surface area (Å²) in [4.78, 5) is 21.3. The number of hydrogen-bond acceptors (Lipinski definition) is 7. The Kier molecular flexibility index (Phi) is 4.78. The monoisotopic (exact) mass is 394 g/mol. The molecule has 0 aliphatic heterocycles. The van der Waals surface area contributed by atoms with E-state index in [2.05, 4.69) is 30.6 Å². The Hall–Kier alpha value is -3.27. The minimum Gasteiger partial charge on any atom is -0.310 e. The van der Waals surface area contributed by atoms with Crippen LogP contribution in [0.1, 0.15) is 17.1 Å². The zero-order chi connectivity index (χ0) is 19.7. The van der Waals surface area contributed by atoms with Crippen LogP contribution in [0, 0.1) is 20.8 Å². The van der Waals surface area contributed by atoms with Gasteiger partial charge in [-0.1, -0.05) is 17.8 Å². The number of thioether (sulfide) groups is 1. The number of hydrogen-bond donors (Lipinski definition) is 1. The molecule has 9 nitrogen and oxygen atoms in total. The van der Waals surface area contributed by atoms with E-state index >= 15 is 0 Å². The molecule has 0 spiro atoms. The molecule has 0 unspecified atom stereocenters. The van der Waals surface area contributed by atoms with Gasteiger partial charge in [-0.15, -0.1) is 10.2 Å². The first-order valence-corrected chi connectivity index (χ1v) is 9.60. The zero-order valence-corrected chi connectivity index (χ0v) is 16.4. The largest absolute Gasteiger partial charge is 0.310 e. The fourth-order valence-electron chi connectivity index (χ4n) is 2.77. The van der Waals surface area contributed by atoms with Gasteiger partial charge in [0.25, 0.3) is 5.95 Å². The molecule has 0 aliphatic carbocycles. The molecule has 0 atom stereocenters. The highest BCUT2D eigenvalue weighted by Crippen LogP contribution is 2.19. The summed E-state index contributed by atoms with van der Waals surface area (Å²) in [5.41, 5.74) is 3.17. The minimum absolute atomic E-state index is 0.178. The van der Waals surface area contributed by atoms with Gasteiger partial charge in [0.15, 0.2) is 10.8 Å². The number of nitrogens with one attached hydrogen (secondary N) is 1. The zero-order valence-electron chi connectivity index (χ0n) is 15.6. The van der Waals surface area contributed by atoms with Gasteiger partial charge in [0, 0.05) is 23.7 Å². The Labute approximate surface area is 165 Å². The third kappa shape index (κ3) is 3.72. The van der Waals surface area contributed by atoms with E-state index < -0.39 is 0 Å². The van der Waals surface area contributed by atoms with Crippen molar-refractivity contribution in [3.05, 3.63) is 53.6 Å².